The van der Waals surface area contributed by atoms with Gasteiger partial charge in [-0.3, -0.25) is 4.99 Å². The van der Waals surface area contributed by atoms with Crippen molar-refractivity contribution in [3.05, 3.63) is 5.69 Å². The first kappa shape index (κ1) is 8.32. The number of nitrogens with zero attached hydrogens (tertiary/aromatic N) is 2. The molecule has 0 saturated carbocycles. The Kier molecular flexibility index (Phi) is 2.14. The number of aromatic hydroxyl groups is 1. The van der Waals surface area contributed by atoms with Gasteiger partial charge in [-0.15, -0.1) is 0 Å². The monoisotopic (exact) mass is 166 g/mol. The van der Waals surface area contributed by atoms with E-state index in [9.17, 15) is 0 Å². The summed E-state index contributed by atoms with van der Waals surface area (Å²) in [5, 5.41) is 9.12. The van der Waals surface area contributed by atoms with Crippen LogP contribution in [-0.2, 0) is 0 Å². The van der Waals surface area contributed by atoms with Crippen molar-refractivity contribution in [2.45, 2.75) is 6.92 Å². The minimum atomic E-state index is -0.0660. The lowest BCUT2D eigenvalue weighted by molar-refractivity contribution is 0.459. The molecule has 1 aromatic heterocycles. The second-order valence-corrected chi connectivity index (χ2v) is 2.29. The van der Waals surface area contributed by atoms with Crippen molar-refractivity contribution < 1.29 is 5.11 Å². The van der Waals surface area contributed by atoms with Gasteiger partial charge in [0.05, 0.1) is 0 Å². The van der Waals surface area contributed by atoms with Crippen molar-refractivity contribution in [2.24, 2.45) is 9.98 Å². The molecule has 0 amide bonds. The number of nitrogens with one attached hydrogen (secondary N) is 1. The SMILES string of the molecule is C=NC=Nc1c(C)[nH]c(O)c1N. The third-order valence-corrected chi connectivity index (χ3v) is 1.44. The van der Waals surface area contributed by atoms with Crippen LogP contribution in [0.25, 0.3) is 0 Å². The Hall–Kier alpha value is -1.78. The largest absolute Gasteiger partial charge is 0.493 e. The molecule has 1 aromatic rings. The molecular weight excluding hydrogens is 156 g/mol. The van der Waals surface area contributed by atoms with Gasteiger partial charge in [-0.2, -0.15) is 0 Å². The summed E-state index contributed by atoms with van der Waals surface area (Å²) in [5.74, 6) is -0.0660. The first-order valence-electron chi connectivity index (χ1n) is 3.32. The molecule has 0 spiro atoms. The third kappa shape index (κ3) is 1.29. The molecule has 0 saturated heterocycles. The Bertz CT molecular complexity index is 326. The first-order valence-corrected chi connectivity index (χ1v) is 3.32. The summed E-state index contributed by atoms with van der Waals surface area (Å²) in [6.45, 7) is 4.98. The Labute approximate surface area is 69.7 Å². The number of hydrogen-bond donors (Lipinski definition) is 3. The van der Waals surface area contributed by atoms with E-state index in [0.717, 1.165) is 0 Å². The molecule has 0 aliphatic carbocycles. The molecule has 0 bridgehead atoms. The van der Waals surface area contributed by atoms with Crippen LogP contribution in [0.15, 0.2) is 9.98 Å². The van der Waals surface area contributed by atoms with Crippen LogP contribution in [0.2, 0.25) is 0 Å². The lowest BCUT2D eigenvalue weighted by atomic mass is 10.3. The number of hydrogen-bond acceptors (Lipinski definition) is 3. The van der Waals surface area contributed by atoms with Gasteiger partial charge in [0.15, 0.2) is 0 Å². The fourth-order valence-electron chi connectivity index (χ4n) is 0.883. The highest BCUT2D eigenvalue weighted by Crippen LogP contribution is 2.33. The quantitative estimate of drug-likeness (QED) is 0.451. The van der Waals surface area contributed by atoms with E-state index in [1.54, 1.807) is 6.92 Å². The van der Waals surface area contributed by atoms with Gasteiger partial charge < -0.3 is 15.8 Å². The maximum Gasteiger partial charge on any atom is 0.214 e. The Balaban J connectivity index is 3.13. The topological polar surface area (TPSA) is 86.8 Å². The number of aromatic nitrogens is 1. The molecule has 12 heavy (non-hydrogen) atoms. The highest BCUT2D eigenvalue weighted by Gasteiger charge is 2.09. The van der Waals surface area contributed by atoms with Crippen LogP contribution in [0.4, 0.5) is 11.4 Å². The van der Waals surface area contributed by atoms with E-state index in [1.165, 1.54) is 6.34 Å². The highest BCUT2D eigenvalue weighted by atomic mass is 16.3. The predicted octanol–water partition coefficient (Wildman–Crippen LogP) is 0.971. The van der Waals surface area contributed by atoms with Crippen LogP contribution in [0.3, 0.4) is 0 Å². The van der Waals surface area contributed by atoms with Crippen LogP contribution in [-0.4, -0.2) is 23.1 Å². The van der Waals surface area contributed by atoms with E-state index in [-0.39, 0.29) is 11.6 Å². The molecule has 0 unspecified atom stereocenters. The Morgan fingerprint density at radius 3 is 2.75 bits per heavy atom. The Morgan fingerprint density at radius 2 is 2.33 bits per heavy atom. The summed E-state index contributed by atoms with van der Waals surface area (Å²) in [4.78, 5) is 9.94. The van der Waals surface area contributed by atoms with Crippen LogP contribution < -0.4 is 5.73 Å². The van der Waals surface area contributed by atoms with Crippen molar-refractivity contribution in [3.63, 3.8) is 0 Å². The molecule has 0 atom stereocenters. The number of H-pyrrole nitrogens is 1. The number of anilines is 1. The van der Waals surface area contributed by atoms with E-state index in [4.69, 9.17) is 10.8 Å². The second kappa shape index (κ2) is 3.08. The van der Waals surface area contributed by atoms with Crippen LogP contribution in [0.1, 0.15) is 5.69 Å². The van der Waals surface area contributed by atoms with E-state index in [2.05, 4.69) is 21.7 Å². The first-order chi connectivity index (χ1) is 5.66. The van der Waals surface area contributed by atoms with Gasteiger partial charge in [-0.1, -0.05) is 0 Å². The van der Waals surface area contributed by atoms with Gasteiger partial charge in [0.25, 0.3) is 0 Å². The minimum absolute atomic E-state index is 0.0660. The van der Waals surface area contributed by atoms with E-state index in [0.29, 0.717) is 11.4 Å². The van der Waals surface area contributed by atoms with Crippen LogP contribution >= 0.6 is 0 Å². The van der Waals surface area contributed by atoms with E-state index >= 15 is 0 Å². The third-order valence-electron chi connectivity index (χ3n) is 1.44. The lowest BCUT2D eigenvalue weighted by Crippen LogP contribution is -1.81. The lowest BCUT2D eigenvalue weighted by Gasteiger charge is -1.90. The molecular formula is C7H10N4O. The highest BCUT2D eigenvalue weighted by molar-refractivity contribution is 5.77. The summed E-state index contributed by atoms with van der Waals surface area (Å²) in [6, 6.07) is 0. The number of aliphatic imine (C=N–C) groups is 2. The number of rotatable bonds is 2. The standard InChI is InChI=1S/C7H10N4O/c1-4-6(10-3-9-2)5(8)7(12)11-4/h3,11-12H,2,8H2,1H3. The summed E-state index contributed by atoms with van der Waals surface area (Å²) >= 11 is 0. The number of aromatic amines is 1. The summed E-state index contributed by atoms with van der Waals surface area (Å²) in [5.41, 5.74) is 6.92. The van der Waals surface area contributed by atoms with Crippen LogP contribution in [0, 0.1) is 6.92 Å². The van der Waals surface area contributed by atoms with Crippen molar-refractivity contribution in [1.29, 1.82) is 0 Å². The normalized spacial score (nSPS) is 10.8. The maximum atomic E-state index is 9.12. The average Bonchev–Trinajstić information content (AvgIpc) is 2.25. The molecule has 64 valence electrons. The van der Waals surface area contributed by atoms with Crippen molar-refractivity contribution in [1.82, 2.24) is 4.98 Å². The van der Waals surface area contributed by atoms with Crippen LogP contribution in [0.5, 0.6) is 5.88 Å². The van der Waals surface area contributed by atoms with Gasteiger partial charge in [-0.25, -0.2) is 4.99 Å². The zero-order valence-corrected chi connectivity index (χ0v) is 6.70. The van der Waals surface area contributed by atoms with Crippen molar-refractivity contribution in [3.8, 4) is 5.88 Å². The smallest absolute Gasteiger partial charge is 0.214 e. The molecule has 4 N–H and O–H groups in total. The van der Waals surface area contributed by atoms with Gasteiger partial charge in [0.2, 0.25) is 5.88 Å². The van der Waals surface area contributed by atoms with Gasteiger partial charge >= 0.3 is 0 Å². The van der Waals surface area contributed by atoms with Crippen molar-refractivity contribution in [2.75, 3.05) is 5.73 Å². The summed E-state index contributed by atoms with van der Waals surface area (Å²) < 4.78 is 0. The van der Waals surface area contributed by atoms with Gasteiger partial charge in [-0.05, 0) is 13.6 Å². The van der Waals surface area contributed by atoms with Gasteiger partial charge in [0.1, 0.15) is 17.7 Å². The summed E-state index contributed by atoms with van der Waals surface area (Å²) in [6.07, 6.45) is 1.27. The molecule has 1 rings (SSSR count). The molecule has 0 aromatic carbocycles. The molecule has 5 nitrogen and oxygen atoms in total. The molecule has 0 radical (unpaired) electrons. The van der Waals surface area contributed by atoms with Gasteiger partial charge in [0, 0.05) is 5.69 Å². The fourth-order valence-corrected chi connectivity index (χ4v) is 0.883. The minimum Gasteiger partial charge on any atom is -0.493 e. The second-order valence-electron chi connectivity index (χ2n) is 2.29. The van der Waals surface area contributed by atoms with E-state index in [1.807, 2.05) is 0 Å². The van der Waals surface area contributed by atoms with E-state index < -0.39 is 0 Å². The zero-order chi connectivity index (χ0) is 9.14. The number of nitrogens with two attached hydrogens (primary N) is 1. The van der Waals surface area contributed by atoms with Crippen molar-refractivity contribution >= 4 is 24.4 Å². The summed E-state index contributed by atoms with van der Waals surface area (Å²) in [7, 11) is 0. The zero-order valence-electron chi connectivity index (χ0n) is 6.70. The molecule has 0 aliphatic heterocycles. The Morgan fingerprint density at radius 1 is 1.67 bits per heavy atom. The average molecular weight is 166 g/mol. The molecule has 5 heteroatoms. The number of aryl methyl sites for hydroxylation is 1. The molecule has 0 aliphatic rings. The maximum absolute atomic E-state index is 9.12. The predicted molar refractivity (Wildman–Crippen MR) is 49.3 cm³/mol. The molecule has 0 fully saturated rings. The molecule has 1 heterocycles. The number of nitrogen functional groups attached to an aromatic ring is 1. The fraction of sp³-hybridized carbons (Fsp3) is 0.143.